The maximum absolute atomic E-state index is 14.0. The highest BCUT2D eigenvalue weighted by Crippen LogP contribution is 2.27. The van der Waals surface area contributed by atoms with Crippen LogP contribution in [0, 0.1) is 5.82 Å². The Balaban J connectivity index is 1.69. The van der Waals surface area contributed by atoms with Crippen molar-refractivity contribution in [3.63, 3.8) is 0 Å². The molecule has 0 saturated heterocycles. The number of aryl methyl sites for hydroxylation is 1. The highest BCUT2D eigenvalue weighted by Gasteiger charge is 2.27. The van der Waals surface area contributed by atoms with E-state index in [9.17, 15) is 31.9 Å². The van der Waals surface area contributed by atoms with Crippen molar-refractivity contribution < 1.29 is 27.2 Å². The lowest BCUT2D eigenvalue weighted by atomic mass is 10.1. The van der Waals surface area contributed by atoms with Gasteiger partial charge in [-0.2, -0.15) is 13.2 Å². The summed E-state index contributed by atoms with van der Waals surface area (Å²) in [7, 11) is 1.51. The van der Waals surface area contributed by atoms with Gasteiger partial charge in [0, 0.05) is 36.5 Å². The second-order valence-electron chi connectivity index (χ2n) is 8.14. The minimum Gasteiger partial charge on any atom is -0.357 e. The number of fused-ring (bicyclic) bond motifs is 1. The first kappa shape index (κ1) is 26.6. The van der Waals surface area contributed by atoms with E-state index in [4.69, 9.17) is 0 Å². The molecule has 0 aliphatic heterocycles. The van der Waals surface area contributed by atoms with Crippen molar-refractivity contribution in [1.29, 1.82) is 0 Å². The number of hydrogen-bond donors (Lipinski definition) is 3. The predicted octanol–water partition coefficient (Wildman–Crippen LogP) is 3.82. The molecule has 8 nitrogen and oxygen atoms in total. The van der Waals surface area contributed by atoms with Crippen molar-refractivity contribution in [3.8, 4) is 0 Å². The SMILES string of the molecule is CNC(=O)/C=C/CCCC(=O)Nc1cncn(Cc2cc3cc(F)cc(CCC(F)(F)F)c3[nH]2)c1=O. The highest BCUT2D eigenvalue weighted by atomic mass is 19.4. The van der Waals surface area contributed by atoms with Crippen LogP contribution in [-0.4, -0.2) is 39.6 Å². The quantitative estimate of drug-likeness (QED) is 0.220. The van der Waals surface area contributed by atoms with Crippen LogP contribution in [0.4, 0.5) is 23.2 Å². The molecule has 2 aromatic heterocycles. The second-order valence-corrected chi connectivity index (χ2v) is 8.14. The Morgan fingerprint density at radius 3 is 2.72 bits per heavy atom. The first-order valence-corrected chi connectivity index (χ1v) is 11.1. The number of allylic oxidation sites excluding steroid dienone is 1. The molecule has 0 aliphatic rings. The number of benzene rings is 1. The molecule has 3 aromatic rings. The van der Waals surface area contributed by atoms with Crippen LogP contribution in [0.2, 0.25) is 0 Å². The van der Waals surface area contributed by atoms with Gasteiger partial charge in [0.05, 0.1) is 19.1 Å². The van der Waals surface area contributed by atoms with E-state index in [1.54, 1.807) is 12.1 Å². The van der Waals surface area contributed by atoms with Crippen molar-refractivity contribution in [2.75, 3.05) is 12.4 Å². The summed E-state index contributed by atoms with van der Waals surface area (Å²) in [5, 5.41) is 5.34. The van der Waals surface area contributed by atoms with E-state index in [0.29, 0.717) is 29.4 Å². The van der Waals surface area contributed by atoms with E-state index in [0.717, 1.165) is 6.07 Å². The molecule has 3 rings (SSSR count). The number of nitrogens with one attached hydrogen (secondary N) is 3. The third-order valence-corrected chi connectivity index (χ3v) is 5.31. The Labute approximate surface area is 203 Å². The Bertz CT molecular complexity index is 1330. The van der Waals surface area contributed by atoms with E-state index in [1.807, 2.05) is 0 Å². The maximum Gasteiger partial charge on any atom is 0.389 e. The van der Waals surface area contributed by atoms with Crippen LogP contribution in [0.15, 0.2) is 47.7 Å². The number of halogens is 4. The number of aromatic nitrogens is 3. The first-order valence-electron chi connectivity index (χ1n) is 11.1. The minimum absolute atomic E-state index is 0.0190. The van der Waals surface area contributed by atoms with E-state index in [2.05, 4.69) is 20.6 Å². The first-order chi connectivity index (χ1) is 17.1. The van der Waals surface area contributed by atoms with Gasteiger partial charge < -0.3 is 15.6 Å². The van der Waals surface area contributed by atoms with Crippen LogP contribution >= 0.6 is 0 Å². The van der Waals surface area contributed by atoms with Crippen molar-refractivity contribution in [1.82, 2.24) is 19.9 Å². The third-order valence-electron chi connectivity index (χ3n) is 5.31. The van der Waals surface area contributed by atoms with Gasteiger partial charge in [-0.3, -0.25) is 19.0 Å². The molecule has 0 atom stereocenters. The lowest BCUT2D eigenvalue weighted by Gasteiger charge is -2.08. The summed E-state index contributed by atoms with van der Waals surface area (Å²) >= 11 is 0. The van der Waals surface area contributed by atoms with E-state index in [1.165, 1.54) is 36.3 Å². The van der Waals surface area contributed by atoms with Gasteiger partial charge in [-0.1, -0.05) is 6.08 Å². The van der Waals surface area contributed by atoms with Gasteiger partial charge in [0.1, 0.15) is 11.5 Å². The second kappa shape index (κ2) is 11.6. The molecular weight excluding hydrogens is 482 g/mol. The lowest BCUT2D eigenvalue weighted by Crippen LogP contribution is -2.26. The fourth-order valence-corrected chi connectivity index (χ4v) is 3.60. The van der Waals surface area contributed by atoms with Gasteiger partial charge in [0.25, 0.3) is 5.56 Å². The van der Waals surface area contributed by atoms with Gasteiger partial charge in [-0.05, 0) is 49.1 Å². The summed E-state index contributed by atoms with van der Waals surface area (Å²) in [6.45, 7) is -0.0190. The fourth-order valence-electron chi connectivity index (χ4n) is 3.60. The Morgan fingerprint density at radius 1 is 1.22 bits per heavy atom. The van der Waals surface area contributed by atoms with E-state index >= 15 is 0 Å². The number of nitrogens with zero attached hydrogens (tertiary/aromatic N) is 2. The number of unbranched alkanes of at least 4 members (excludes halogenated alkanes) is 1. The summed E-state index contributed by atoms with van der Waals surface area (Å²) in [6.07, 6.45) is 0.744. The number of likely N-dealkylation sites (N-methyl/N-ethyl adjacent to an activating group) is 1. The molecule has 0 unspecified atom stereocenters. The van der Waals surface area contributed by atoms with Gasteiger partial charge in [-0.15, -0.1) is 0 Å². The monoisotopic (exact) mass is 507 g/mol. The summed E-state index contributed by atoms with van der Waals surface area (Å²) in [4.78, 5) is 43.0. The summed E-state index contributed by atoms with van der Waals surface area (Å²) in [5.74, 6) is -1.29. The molecule has 192 valence electrons. The zero-order chi connectivity index (χ0) is 26.3. The minimum atomic E-state index is -4.37. The average Bonchev–Trinajstić information content (AvgIpc) is 3.21. The van der Waals surface area contributed by atoms with Crippen molar-refractivity contribution in [3.05, 3.63) is 70.3 Å². The molecule has 0 bridgehead atoms. The molecule has 2 amide bonds. The van der Waals surface area contributed by atoms with Crippen LogP contribution < -0.4 is 16.2 Å². The zero-order valence-corrected chi connectivity index (χ0v) is 19.4. The van der Waals surface area contributed by atoms with Crippen LogP contribution in [0.25, 0.3) is 10.9 Å². The molecule has 0 radical (unpaired) electrons. The standard InChI is InChI=1S/C24H25F4N5O3/c1-29-20(34)5-3-2-4-6-21(35)32-19-12-30-14-33(23(19)36)13-18-11-16-10-17(25)9-15(22(16)31-18)7-8-24(26,27)28/h3,5,9-12,14,31H,2,4,6-8,13H2,1H3,(H,29,34)(H,32,35)/b5-3+. The lowest BCUT2D eigenvalue weighted by molar-refractivity contribution is -0.134. The van der Waals surface area contributed by atoms with Gasteiger partial charge >= 0.3 is 6.18 Å². The summed E-state index contributed by atoms with van der Waals surface area (Å²) < 4.78 is 53.1. The number of rotatable bonds is 10. The largest absolute Gasteiger partial charge is 0.389 e. The third kappa shape index (κ3) is 7.52. The van der Waals surface area contributed by atoms with Gasteiger partial charge in [-0.25, -0.2) is 9.37 Å². The molecule has 0 spiro atoms. The van der Waals surface area contributed by atoms with Crippen molar-refractivity contribution >= 4 is 28.4 Å². The molecule has 12 heteroatoms. The zero-order valence-electron chi connectivity index (χ0n) is 19.4. The number of carbonyl (C=O) groups is 2. The molecule has 36 heavy (non-hydrogen) atoms. The topological polar surface area (TPSA) is 109 Å². The van der Waals surface area contributed by atoms with Gasteiger partial charge in [0.2, 0.25) is 11.8 Å². The number of anilines is 1. The molecule has 1 aromatic carbocycles. The number of amides is 2. The Hall–Kier alpha value is -3.96. The maximum atomic E-state index is 14.0. The van der Waals surface area contributed by atoms with Crippen LogP contribution in [0.1, 0.15) is 36.9 Å². The summed E-state index contributed by atoms with van der Waals surface area (Å²) in [5.41, 5.74) is 0.451. The van der Waals surface area contributed by atoms with Crippen LogP contribution in [-0.2, 0) is 22.6 Å². The van der Waals surface area contributed by atoms with Crippen molar-refractivity contribution in [2.45, 2.75) is 44.8 Å². The van der Waals surface area contributed by atoms with Crippen molar-refractivity contribution in [2.24, 2.45) is 0 Å². The van der Waals surface area contributed by atoms with Crippen LogP contribution in [0.5, 0.6) is 0 Å². The van der Waals surface area contributed by atoms with Gasteiger partial charge in [0.15, 0.2) is 0 Å². The molecule has 0 fully saturated rings. The molecule has 2 heterocycles. The smallest absolute Gasteiger partial charge is 0.357 e. The average molecular weight is 507 g/mol. The normalized spacial score (nSPS) is 11.8. The highest BCUT2D eigenvalue weighted by molar-refractivity contribution is 5.90. The molecule has 0 aliphatic carbocycles. The van der Waals surface area contributed by atoms with E-state index < -0.39 is 29.9 Å². The Morgan fingerprint density at radius 2 is 2.00 bits per heavy atom. The number of carbonyl (C=O) groups excluding carboxylic acids is 2. The Kier molecular flexibility index (Phi) is 8.62. The van der Waals surface area contributed by atoms with E-state index in [-0.39, 0.29) is 36.5 Å². The summed E-state index contributed by atoms with van der Waals surface area (Å²) in [6, 6.07) is 3.82. The molecule has 0 saturated carbocycles. The molecular formula is C24H25F4N5O3. The number of alkyl halides is 3. The number of aromatic amines is 1. The predicted molar refractivity (Wildman–Crippen MR) is 126 cm³/mol. The number of H-pyrrole nitrogens is 1. The number of hydrogen-bond acceptors (Lipinski definition) is 4. The fraction of sp³-hybridized carbons (Fsp3) is 0.333. The molecule has 3 N–H and O–H groups in total. The van der Waals surface area contributed by atoms with Crippen LogP contribution in [0.3, 0.4) is 0 Å².